The van der Waals surface area contributed by atoms with E-state index < -0.39 is 5.54 Å². The largest absolute Gasteiger partial charge is 0.379 e. The van der Waals surface area contributed by atoms with Crippen LogP contribution in [0.15, 0.2) is 10.6 Å². The summed E-state index contributed by atoms with van der Waals surface area (Å²) in [5.41, 5.74) is 5.69. The van der Waals surface area contributed by atoms with Crippen LogP contribution in [0, 0.1) is 6.92 Å². The van der Waals surface area contributed by atoms with E-state index in [1.54, 1.807) is 13.0 Å². The van der Waals surface area contributed by atoms with Gasteiger partial charge in [0.15, 0.2) is 0 Å². The van der Waals surface area contributed by atoms with Gasteiger partial charge in [-0.25, -0.2) is 0 Å². The quantitative estimate of drug-likeness (QED) is 0.738. The maximum atomic E-state index is 11.8. The van der Waals surface area contributed by atoms with Crippen molar-refractivity contribution in [2.45, 2.75) is 25.4 Å². The minimum Gasteiger partial charge on any atom is -0.379 e. The molecule has 1 aliphatic rings. The summed E-state index contributed by atoms with van der Waals surface area (Å²) in [6, 6.07) is 1.77. The van der Waals surface area contributed by atoms with Crippen LogP contribution in [0.2, 0.25) is 0 Å². The van der Waals surface area contributed by atoms with Gasteiger partial charge in [-0.15, -0.1) is 0 Å². The zero-order valence-corrected chi connectivity index (χ0v) is 9.16. The van der Waals surface area contributed by atoms with Crippen molar-refractivity contribution in [3.05, 3.63) is 17.5 Å². The van der Waals surface area contributed by atoms with Gasteiger partial charge in [-0.1, -0.05) is 5.16 Å². The molecule has 6 heteroatoms. The van der Waals surface area contributed by atoms with E-state index in [-0.39, 0.29) is 12.5 Å². The first-order valence-electron chi connectivity index (χ1n) is 5.17. The van der Waals surface area contributed by atoms with Crippen molar-refractivity contribution in [3.8, 4) is 0 Å². The molecule has 0 aromatic carbocycles. The van der Waals surface area contributed by atoms with Crippen LogP contribution in [0.5, 0.6) is 0 Å². The number of carbonyl (C=O) groups is 1. The van der Waals surface area contributed by atoms with E-state index in [4.69, 9.17) is 15.0 Å². The highest BCUT2D eigenvalue weighted by Crippen LogP contribution is 2.15. The molecule has 1 fully saturated rings. The lowest BCUT2D eigenvalue weighted by Crippen LogP contribution is -2.54. The molecule has 6 nitrogen and oxygen atoms in total. The van der Waals surface area contributed by atoms with Crippen molar-refractivity contribution in [3.63, 3.8) is 0 Å². The summed E-state index contributed by atoms with van der Waals surface area (Å²) in [5, 5.41) is 6.50. The monoisotopic (exact) mass is 225 g/mol. The van der Waals surface area contributed by atoms with Crippen molar-refractivity contribution in [1.82, 2.24) is 10.5 Å². The zero-order chi connectivity index (χ0) is 11.6. The average molecular weight is 225 g/mol. The normalized spacial score (nSPS) is 24.6. The summed E-state index contributed by atoms with van der Waals surface area (Å²) in [7, 11) is 0. The molecule has 3 N–H and O–H groups in total. The number of rotatable bonds is 3. The number of amides is 1. The van der Waals surface area contributed by atoms with E-state index in [1.165, 1.54) is 0 Å². The van der Waals surface area contributed by atoms with Gasteiger partial charge in [0.05, 0.1) is 13.2 Å². The second-order valence-electron chi connectivity index (χ2n) is 4.07. The van der Waals surface area contributed by atoms with E-state index >= 15 is 0 Å². The summed E-state index contributed by atoms with van der Waals surface area (Å²) in [5.74, 6) is 0.515. The summed E-state index contributed by atoms with van der Waals surface area (Å²) in [4.78, 5) is 11.8. The summed E-state index contributed by atoms with van der Waals surface area (Å²) < 4.78 is 10.0. The fourth-order valence-electron chi connectivity index (χ4n) is 1.61. The van der Waals surface area contributed by atoms with E-state index in [0.29, 0.717) is 25.3 Å². The first-order chi connectivity index (χ1) is 7.60. The fourth-order valence-corrected chi connectivity index (χ4v) is 1.61. The lowest BCUT2D eigenvalue weighted by molar-refractivity contribution is -0.126. The number of nitrogens with zero attached hydrogens (tertiary/aromatic N) is 1. The minimum atomic E-state index is -0.890. The highest BCUT2D eigenvalue weighted by Gasteiger charge is 2.38. The summed E-state index contributed by atoms with van der Waals surface area (Å²) in [6.07, 6.45) is 0.552. The number of nitrogens with two attached hydrogens (primary N) is 1. The average Bonchev–Trinajstić information content (AvgIpc) is 2.85. The molecule has 0 saturated carbocycles. The van der Waals surface area contributed by atoms with Gasteiger partial charge in [0.2, 0.25) is 5.91 Å². The Hall–Kier alpha value is -1.40. The number of hydrogen-bond acceptors (Lipinski definition) is 5. The van der Waals surface area contributed by atoms with Gasteiger partial charge in [0.1, 0.15) is 17.0 Å². The van der Waals surface area contributed by atoms with Crippen LogP contribution in [0.25, 0.3) is 0 Å². The lowest BCUT2D eigenvalue weighted by Gasteiger charge is -2.19. The smallest absolute Gasteiger partial charge is 0.242 e. The van der Waals surface area contributed by atoms with Crippen LogP contribution in [-0.4, -0.2) is 29.8 Å². The lowest BCUT2D eigenvalue weighted by atomic mass is 9.99. The van der Waals surface area contributed by atoms with Gasteiger partial charge in [0, 0.05) is 12.7 Å². The van der Waals surface area contributed by atoms with Crippen LogP contribution < -0.4 is 11.1 Å². The second kappa shape index (κ2) is 4.23. The Bertz CT molecular complexity index is 382. The molecule has 1 aromatic rings. The molecule has 0 radical (unpaired) electrons. The molecule has 1 saturated heterocycles. The summed E-state index contributed by atoms with van der Waals surface area (Å²) >= 11 is 0. The highest BCUT2D eigenvalue weighted by atomic mass is 16.5. The van der Waals surface area contributed by atoms with Gasteiger partial charge in [-0.2, -0.15) is 0 Å². The van der Waals surface area contributed by atoms with Gasteiger partial charge < -0.3 is 20.3 Å². The predicted octanol–water partition coefficient (Wildman–Crippen LogP) is -0.283. The first kappa shape index (κ1) is 11.1. The molecule has 0 bridgehead atoms. The second-order valence-corrected chi connectivity index (χ2v) is 4.07. The molecule has 1 atom stereocenters. The van der Waals surface area contributed by atoms with Crippen molar-refractivity contribution in [2.75, 3.05) is 13.2 Å². The fraction of sp³-hybridized carbons (Fsp3) is 0.600. The Morgan fingerprint density at radius 2 is 2.56 bits per heavy atom. The molecule has 1 aromatic heterocycles. The van der Waals surface area contributed by atoms with Crippen LogP contribution in [-0.2, 0) is 16.1 Å². The maximum absolute atomic E-state index is 11.8. The molecular weight excluding hydrogens is 210 g/mol. The molecular formula is C10H15N3O3. The molecule has 0 aliphatic carbocycles. The molecule has 1 amide bonds. The van der Waals surface area contributed by atoms with Crippen LogP contribution in [0.1, 0.15) is 17.9 Å². The zero-order valence-electron chi connectivity index (χ0n) is 9.16. The summed E-state index contributed by atoms with van der Waals surface area (Å²) in [6.45, 7) is 2.94. The number of carbonyl (C=O) groups excluding carboxylic acids is 1. The number of ether oxygens (including phenoxy) is 1. The molecule has 2 rings (SSSR count). The molecule has 1 unspecified atom stereocenters. The number of nitrogens with one attached hydrogen (secondary N) is 1. The molecule has 1 aliphatic heterocycles. The van der Waals surface area contributed by atoms with Gasteiger partial charge in [0.25, 0.3) is 0 Å². The third-order valence-corrected chi connectivity index (χ3v) is 2.61. The molecule has 16 heavy (non-hydrogen) atoms. The Labute approximate surface area is 93.1 Å². The third kappa shape index (κ3) is 2.23. The maximum Gasteiger partial charge on any atom is 0.242 e. The molecule has 0 spiro atoms. The van der Waals surface area contributed by atoms with E-state index in [9.17, 15) is 4.79 Å². The van der Waals surface area contributed by atoms with Crippen molar-refractivity contribution in [2.24, 2.45) is 5.73 Å². The van der Waals surface area contributed by atoms with Gasteiger partial charge >= 0.3 is 0 Å². The van der Waals surface area contributed by atoms with Crippen molar-refractivity contribution < 1.29 is 14.1 Å². The standard InChI is InChI=1S/C10H15N3O3/c1-7-4-8(13-16-7)5-12-9(14)10(11)2-3-15-6-10/h4H,2-3,5-6,11H2,1H3,(H,12,14). The van der Waals surface area contributed by atoms with E-state index in [0.717, 1.165) is 5.76 Å². The van der Waals surface area contributed by atoms with Crippen molar-refractivity contribution in [1.29, 1.82) is 0 Å². The van der Waals surface area contributed by atoms with Gasteiger partial charge in [-0.3, -0.25) is 4.79 Å². The number of aromatic nitrogens is 1. The first-order valence-corrected chi connectivity index (χ1v) is 5.17. The molecule has 88 valence electrons. The Morgan fingerprint density at radius 3 is 3.12 bits per heavy atom. The number of aryl methyl sites for hydroxylation is 1. The van der Waals surface area contributed by atoms with Crippen LogP contribution in [0.4, 0.5) is 0 Å². The Morgan fingerprint density at radius 1 is 1.75 bits per heavy atom. The van der Waals surface area contributed by atoms with Crippen LogP contribution in [0.3, 0.4) is 0 Å². The Kier molecular flexibility index (Phi) is 2.93. The van der Waals surface area contributed by atoms with Crippen molar-refractivity contribution >= 4 is 5.91 Å². The highest BCUT2D eigenvalue weighted by molar-refractivity contribution is 5.86. The minimum absolute atomic E-state index is 0.203. The predicted molar refractivity (Wildman–Crippen MR) is 55.4 cm³/mol. The van der Waals surface area contributed by atoms with E-state index in [1.807, 2.05) is 0 Å². The molecule has 2 heterocycles. The van der Waals surface area contributed by atoms with E-state index in [2.05, 4.69) is 10.5 Å². The van der Waals surface area contributed by atoms with Crippen LogP contribution >= 0.6 is 0 Å². The SMILES string of the molecule is Cc1cc(CNC(=O)C2(N)CCOC2)no1. The third-order valence-electron chi connectivity index (χ3n) is 2.61. The van der Waals surface area contributed by atoms with Gasteiger partial charge in [-0.05, 0) is 13.3 Å². The topological polar surface area (TPSA) is 90.4 Å². The number of hydrogen-bond donors (Lipinski definition) is 2. The Balaban J connectivity index is 1.88.